The van der Waals surface area contributed by atoms with Gasteiger partial charge in [0.25, 0.3) is 0 Å². The number of carbonyl (C=O) groups is 4. The molecule has 0 spiro atoms. The maximum absolute atomic E-state index is 14.2. The predicted octanol–water partition coefficient (Wildman–Crippen LogP) is 8.74. The highest BCUT2D eigenvalue weighted by Crippen LogP contribution is 2.48. The number of aldehydes is 2. The van der Waals surface area contributed by atoms with Crippen molar-refractivity contribution in [1.82, 2.24) is 19.8 Å². The number of allylic oxidation sites excluding steroid dienone is 1. The lowest BCUT2D eigenvalue weighted by Crippen LogP contribution is -2.54. The van der Waals surface area contributed by atoms with Crippen LogP contribution in [0.1, 0.15) is 86.0 Å². The normalized spacial score (nSPS) is 19.1. The highest BCUT2D eigenvalue weighted by molar-refractivity contribution is 7.82. The standard InChI is InChI=1S/C52H60ClN7O7S2.CH4O/c1-6-9-44(51(65)56-33-63)58(5)43-15-14-41(42-13-8-11-38(31-62)46(42)43)36-16-20-54-22-25-59-23-18-35(28-45(59)55-21-17-36)32-69(66)60-24-19-40(30-52(60,3)4)57-39-12-7-10-37(29-39)50-47(53)48(67-27-26-61)49(68-50)34(2)64;1-2/h7-8,10-15,18,22-23,25-26,28-29,31,33,36,40,44,54,57,64H,2,6,9,16-17,19-21,24,27,30,32H2,1,3-5H3,(H,56,63,65);2H,1H3/b25-22+,55-45?;. The fourth-order valence-electron chi connectivity index (χ4n) is 9.54. The van der Waals surface area contributed by atoms with Gasteiger partial charge in [0.15, 0.2) is 18.3 Å². The monoisotopic (exact) mass is 1030 g/mol. The molecule has 0 aliphatic carbocycles. The molecule has 378 valence electrons. The zero-order valence-corrected chi connectivity index (χ0v) is 43.2. The van der Waals surface area contributed by atoms with Crippen LogP contribution in [0.25, 0.3) is 27.0 Å². The van der Waals surface area contributed by atoms with Gasteiger partial charge in [0, 0.05) is 86.3 Å². The van der Waals surface area contributed by atoms with Gasteiger partial charge in [-0.3, -0.25) is 29.5 Å². The number of benzene rings is 3. The lowest BCUT2D eigenvalue weighted by Gasteiger charge is -2.45. The number of aliphatic imine (C=N–C) groups is 1. The summed E-state index contributed by atoms with van der Waals surface area (Å²) in [4.78, 5) is 57.7. The van der Waals surface area contributed by atoms with Crippen LogP contribution < -0.4 is 25.6 Å². The molecule has 4 heterocycles. The molecule has 1 saturated heterocycles. The van der Waals surface area contributed by atoms with Gasteiger partial charge in [-0.15, -0.1) is 11.3 Å². The summed E-state index contributed by atoms with van der Waals surface area (Å²) in [7, 11) is 1.51. The van der Waals surface area contributed by atoms with E-state index in [1.165, 1.54) is 11.3 Å². The van der Waals surface area contributed by atoms with E-state index in [1.54, 1.807) is 6.07 Å². The number of fused-ring (bicyclic) bond motifs is 2. The lowest BCUT2D eigenvalue weighted by atomic mass is 9.86. The summed E-state index contributed by atoms with van der Waals surface area (Å²) < 4.78 is 21.9. The van der Waals surface area contributed by atoms with Gasteiger partial charge in [-0.25, -0.2) is 8.51 Å². The fourth-order valence-corrected chi connectivity index (χ4v) is 12.5. The van der Waals surface area contributed by atoms with E-state index in [1.807, 2.05) is 97.0 Å². The van der Waals surface area contributed by atoms with Crippen LogP contribution in [0.3, 0.4) is 0 Å². The maximum Gasteiger partial charge on any atom is 0.249 e. The van der Waals surface area contributed by atoms with Crippen molar-refractivity contribution in [3.8, 4) is 16.2 Å². The average molecular weight is 1030 g/mol. The van der Waals surface area contributed by atoms with Crippen LogP contribution >= 0.6 is 22.9 Å². The van der Waals surface area contributed by atoms with Crippen LogP contribution in [-0.4, -0.2) is 118 Å². The van der Waals surface area contributed by atoms with Crippen molar-refractivity contribution < 1.29 is 38.3 Å². The summed E-state index contributed by atoms with van der Waals surface area (Å²) in [6.07, 6.45) is 16.0. The maximum atomic E-state index is 14.2. The van der Waals surface area contributed by atoms with Crippen molar-refractivity contribution in [1.29, 1.82) is 0 Å². The number of thiophene rings is 1. The number of nitrogens with zero attached hydrogens (tertiary/aromatic N) is 4. The van der Waals surface area contributed by atoms with Crippen molar-refractivity contribution in [2.75, 3.05) is 56.4 Å². The molecule has 3 aromatic carbocycles. The smallest absolute Gasteiger partial charge is 0.249 e. The molecular weight excluding hydrogens is 962 g/mol. The van der Waals surface area contributed by atoms with E-state index in [-0.39, 0.29) is 35.6 Å². The van der Waals surface area contributed by atoms with Gasteiger partial charge in [-0.2, -0.15) is 0 Å². The number of halogens is 1. The molecule has 1 fully saturated rings. The van der Waals surface area contributed by atoms with Crippen LogP contribution in [0, 0.1) is 0 Å². The highest BCUT2D eigenvalue weighted by atomic mass is 35.5. The van der Waals surface area contributed by atoms with Crippen molar-refractivity contribution in [3.05, 3.63) is 119 Å². The minimum atomic E-state index is -1.32. The zero-order chi connectivity index (χ0) is 51.2. The van der Waals surface area contributed by atoms with Crippen LogP contribution in [0.4, 0.5) is 11.4 Å². The van der Waals surface area contributed by atoms with Crippen molar-refractivity contribution >= 4 is 92.6 Å². The zero-order valence-electron chi connectivity index (χ0n) is 40.9. The molecule has 0 saturated carbocycles. The predicted molar refractivity (Wildman–Crippen MR) is 288 cm³/mol. The molecule has 0 radical (unpaired) electrons. The first-order valence-electron chi connectivity index (χ1n) is 23.6. The van der Waals surface area contributed by atoms with Crippen molar-refractivity contribution in [3.63, 3.8) is 0 Å². The number of aliphatic hydroxyl groups is 2. The molecule has 4 aromatic rings. The summed E-state index contributed by atoms with van der Waals surface area (Å²) in [5.41, 5.74) is 4.61. The molecule has 4 atom stereocenters. The number of piperidine rings is 1. The Kier molecular flexibility index (Phi) is 19.3. The Morgan fingerprint density at radius 1 is 1.13 bits per heavy atom. The molecule has 3 aliphatic rings. The van der Waals surface area contributed by atoms with Gasteiger partial charge in [-0.1, -0.05) is 67.9 Å². The third-order valence-electron chi connectivity index (χ3n) is 12.8. The van der Waals surface area contributed by atoms with Crippen LogP contribution in [0.15, 0.2) is 102 Å². The fraction of sp³-hybridized carbons (Fsp3) is 0.377. The van der Waals surface area contributed by atoms with Gasteiger partial charge in [0.2, 0.25) is 12.3 Å². The van der Waals surface area contributed by atoms with E-state index >= 15 is 0 Å². The number of rotatable bonds is 18. The Bertz CT molecular complexity index is 2740. The van der Waals surface area contributed by atoms with E-state index < -0.39 is 22.9 Å². The Morgan fingerprint density at radius 2 is 1.92 bits per heavy atom. The molecule has 15 nitrogen and oxygen atoms in total. The molecule has 5 N–H and O–H groups in total. The molecule has 0 bridgehead atoms. The number of amides is 2. The largest absolute Gasteiger partial charge is 0.507 e. The molecular formula is C53H64ClN7O8S2. The second-order valence-corrected chi connectivity index (χ2v) is 20.7. The quantitative estimate of drug-likeness (QED) is 0.0471. The van der Waals surface area contributed by atoms with Crippen molar-refractivity contribution in [2.24, 2.45) is 4.99 Å². The summed E-state index contributed by atoms with van der Waals surface area (Å²) in [6.45, 7) is 11.5. The van der Waals surface area contributed by atoms with Gasteiger partial charge < -0.3 is 35.4 Å². The lowest BCUT2D eigenvalue weighted by molar-refractivity contribution is -0.126. The molecule has 4 unspecified atom stereocenters. The number of carbonyl (C=O) groups excluding carboxylic acids is 4. The summed E-state index contributed by atoms with van der Waals surface area (Å²) in [5.74, 6) is 0.817. The van der Waals surface area contributed by atoms with Gasteiger partial charge >= 0.3 is 0 Å². The van der Waals surface area contributed by atoms with Gasteiger partial charge in [-0.05, 0) is 104 Å². The SMILES string of the molecule is C=C(O)c1sc(-c2cccc(NC3CCN(S(=O)CC4=CC5=NCCC(c6ccc(N(C)C(CCC)C(=O)NC=O)c7c(C=O)cccc67)CCN/C=C/N5C=C4)C(C)(C)C3)c2)c(Cl)c1OCC=O.CO. The molecule has 1 aromatic heterocycles. The topological polar surface area (TPSA) is 193 Å². The second kappa shape index (κ2) is 25.3. The first kappa shape index (κ1) is 54.2. The number of aliphatic hydroxyl groups excluding tert-OH is 2. The van der Waals surface area contributed by atoms with Crippen LogP contribution in [-0.2, 0) is 25.4 Å². The number of hydrogen-bond donors (Lipinski definition) is 5. The Hall–Kier alpha value is -6.11. The summed E-state index contributed by atoms with van der Waals surface area (Å²) >= 11 is 7.95. The van der Waals surface area contributed by atoms with E-state index in [2.05, 4.69) is 46.7 Å². The van der Waals surface area contributed by atoms with Crippen LogP contribution in [0.2, 0.25) is 5.02 Å². The van der Waals surface area contributed by atoms with Crippen LogP contribution in [0.5, 0.6) is 5.75 Å². The Morgan fingerprint density at radius 3 is 2.63 bits per heavy atom. The Balaban J connectivity index is 0.00000407. The van der Waals surface area contributed by atoms with Gasteiger partial charge in [0.1, 0.15) is 34.1 Å². The molecule has 2 amide bonds. The second-order valence-electron chi connectivity index (χ2n) is 18.0. The average Bonchev–Trinajstić information content (AvgIpc) is 3.67. The first-order valence-corrected chi connectivity index (χ1v) is 26.1. The minimum absolute atomic E-state index is 0.0812. The van der Waals surface area contributed by atoms with Gasteiger partial charge in [0.05, 0.1) is 21.6 Å². The number of imide groups is 1. The number of hydrogen-bond acceptors (Lipinski definition) is 14. The molecule has 71 heavy (non-hydrogen) atoms. The first-order chi connectivity index (χ1) is 34.3. The van der Waals surface area contributed by atoms with E-state index in [9.17, 15) is 28.5 Å². The number of nitrogens with one attached hydrogen (secondary N) is 3. The molecule has 18 heteroatoms. The third kappa shape index (κ3) is 12.9. The number of amidine groups is 1. The van der Waals surface area contributed by atoms with E-state index in [4.69, 9.17) is 26.4 Å². The summed E-state index contributed by atoms with van der Waals surface area (Å²) in [6, 6.07) is 17.2. The molecule has 3 aliphatic heterocycles. The number of anilines is 2. The minimum Gasteiger partial charge on any atom is -0.507 e. The highest BCUT2D eigenvalue weighted by Gasteiger charge is 2.38. The molecule has 7 rings (SSSR count). The summed E-state index contributed by atoms with van der Waals surface area (Å²) in [5, 5.41) is 28.7. The van der Waals surface area contributed by atoms with Crippen molar-refractivity contribution in [2.45, 2.75) is 82.8 Å². The number of likely N-dealkylation sites (N-methyl/N-ethyl adjacent to an activating group) is 1. The number of ether oxygens (including phenoxy) is 1. The van der Waals surface area contributed by atoms with E-state index in [0.717, 1.165) is 90.2 Å². The van der Waals surface area contributed by atoms with E-state index in [0.29, 0.717) is 64.8 Å². The third-order valence-corrected chi connectivity index (χ3v) is 16.3. The Labute approximate surface area is 427 Å².